The Morgan fingerprint density at radius 3 is 2.87 bits per heavy atom. The average Bonchev–Trinajstić information content (AvgIpc) is 2.83. The Morgan fingerprint density at radius 1 is 1.26 bits per heavy atom. The summed E-state index contributed by atoms with van der Waals surface area (Å²) in [7, 11) is 1.61. The summed E-state index contributed by atoms with van der Waals surface area (Å²) in [5.74, 6) is 2.41. The van der Waals surface area contributed by atoms with Crippen molar-refractivity contribution in [1.29, 1.82) is 0 Å². The van der Waals surface area contributed by atoms with Crippen LogP contribution in [0.5, 0.6) is 5.88 Å². The third kappa shape index (κ3) is 2.75. The molecule has 3 saturated heterocycles. The number of rotatable bonds is 4. The number of amides is 1. The van der Waals surface area contributed by atoms with Crippen LogP contribution in [0.15, 0.2) is 12.3 Å². The number of aromatic nitrogens is 2. The van der Waals surface area contributed by atoms with E-state index in [-0.39, 0.29) is 5.92 Å². The molecule has 4 aliphatic rings. The number of fused-ring (bicyclic) bond motifs is 4. The summed E-state index contributed by atoms with van der Waals surface area (Å²) in [6, 6.07) is 2.06. The first-order valence-electron chi connectivity index (χ1n) is 8.67. The van der Waals surface area contributed by atoms with Crippen LogP contribution < -0.4 is 9.64 Å². The number of methoxy groups -OCH3 is 1. The molecule has 4 heterocycles. The lowest BCUT2D eigenvalue weighted by molar-refractivity contribution is -0.141. The van der Waals surface area contributed by atoms with Gasteiger partial charge in [-0.25, -0.2) is 4.98 Å². The first-order valence-corrected chi connectivity index (χ1v) is 8.67. The van der Waals surface area contributed by atoms with E-state index in [1.54, 1.807) is 19.4 Å². The molecule has 1 amide bonds. The molecule has 4 fully saturated rings. The summed E-state index contributed by atoms with van der Waals surface area (Å²) in [6.07, 6.45) is 7.70. The van der Waals surface area contributed by atoms with Gasteiger partial charge in [-0.1, -0.05) is 6.42 Å². The van der Waals surface area contributed by atoms with Gasteiger partial charge in [-0.3, -0.25) is 4.79 Å². The number of anilines is 1. The van der Waals surface area contributed by atoms with Crippen LogP contribution in [0.4, 0.5) is 5.95 Å². The molecular formula is C17H24N4O2. The van der Waals surface area contributed by atoms with Gasteiger partial charge in [0.2, 0.25) is 17.7 Å². The van der Waals surface area contributed by atoms with Crippen molar-refractivity contribution < 1.29 is 9.53 Å². The highest BCUT2D eigenvalue weighted by Gasteiger charge is 2.42. The van der Waals surface area contributed by atoms with E-state index in [1.807, 2.05) is 0 Å². The second kappa shape index (κ2) is 5.98. The van der Waals surface area contributed by atoms with E-state index in [4.69, 9.17) is 4.74 Å². The minimum atomic E-state index is 0.0867. The van der Waals surface area contributed by atoms with Gasteiger partial charge in [0.25, 0.3) is 0 Å². The van der Waals surface area contributed by atoms with E-state index in [2.05, 4.69) is 19.8 Å². The molecule has 1 aromatic rings. The largest absolute Gasteiger partial charge is 0.481 e. The standard InChI is InChI=1S/C17H24N4O2/c1-23-15-7-8-18-17(19-15)20-10-13-5-6-14(11-20)21(16(13)22)9-12-3-2-4-12/h7-8,12-14H,2-6,9-11H2,1H3. The summed E-state index contributed by atoms with van der Waals surface area (Å²) in [6.45, 7) is 2.51. The van der Waals surface area contributed by atoms with E-state index >= 15 is 0 Å². The average molecular weight is 316 g/mol. The number of hydrogen-bond donors (Lipinski definition) is 0. The van der Waals surface area contributed by atoms with Gasteiger partial charge in [0.05, 0.1) is 13.0 Å². The van der Waals surface area contributed by atoms with Crippen LogP contribution in [0.2, 0.25) is 0 Å². The highest BCUT2D eigenvalue weighted by atomic mass is 16.5. The van der Waals surface area contributed by atoms with Crippen LogP contribution in [0.25, 0.3) is 0 Å². The fourth-order valence-electron chi connectivity index (χ4n) is 4.00. The predicted molar refractivity (Wildman–Crippen MR) is 86.4 cm³/mol. The minimum absolute atomic E-state index is 0.0867. The van der Waals surface area contributed by atoms with Crippen molar-refractivity contribution >= 4 is 11.9 Å². The number of carbonyl (C=O) groups excluding carboxylic acids is 1. The molecule has 0 aromatic carbocycles. The Hall–Kier alpha value is -1.85. The number of piperidine rings is 1. The lowest BCUT2D eigenvalue weighted by atomic mass is 9.83. The Bertz CT molecular complexity index is 590. The molecule has 23 heavy (non-hydrogen) atoms. The van der Waals surface area contributed by atoms with Crippen LogP contribution in [0, 0.1) is 11.8 Å². The van der Waals surface area contributed by atoms with Crippen molar-refractivity contribution in [1.82, 2.24) is 14.9 Å². The third-order valence-electron chi connectivity index (χ3n) is 5.58. The SMILES string of the molecule is COc1ccnc(N2CC3CCC(C2)N(CC2CCC2)C3=O)n1. The molecule has 0 radical (unpaired) electrons. The van der Waals surface area contributed by atoms with Crippen molar-refractivity contribution in [3.8, 4) is 5.88 Å². The summed E-state index contributed by atoms with van der Waals surface area (Å²) < 4.78 is 5.21. The molecule has 2 atom stereocenters. The fraction of sp³-hybridized carbons (Fsp3) is 0.706. The van der Waals surface area contributed by atoms with E-state index in [0.29, 0.717) is 23.8 Å². The van der Waals surface area contributed by atoms with Crippen LogP contribution >= 0.6 is 0 Å². The van der Waals surface area contributed by atoms with Crippen molar-refractivity contribution in [3.05, 3.63) is 12.3 Å². The van der Waals surface area contributed by atoms with Gasteiger partial charge in [0.1, 0.15) is 0 Å². The normalized spacial score (nSPS) is 27.8. The number of nitrogens with zero attached hydrogens (tertiary/aromatic N) is 4. The molecule has 5 rings (SSSR count). The van der Waals surface area contributed by atoms with Crippen molar-refractivity contribution in [2.24, 2.45) is 11.8 Å². The van der Waals surface area contributed by atoms with Gasteiger partial charge in [-0.05, 0) is 31.6 Å². The molecule has 6 heteroatoms. The molecule has 3 aliphatic heterocycles. The van der Waals surface area contributed by atoms with Gasteiger partial charge in [-0.2, -0.15) is 4.98 Å². The molecule has 124 valence electrons. The maximum Gasteiger partial charge on any atom is 0.228 e. The highest BCUT2D eigenvalue weighted by molar-refractivity contribution is 5.81. The summed E-state index contributed by atoms with van der Waals surface area (Å²) in [5.41, 5.74) is 0. The molecule has 1 aromatic heterocycles. The van der Waals surface area contributed by atoms with Crippen LogP contribution in [0.1, 0.15) is 32.1 Å². The summed E-state index contributed by atoms with van der Waals surface area (Å²) in [4.78, 5) is 26.0. The second-order valence-electron chi connectivity index (χ2n) is 7.02. The lowest BCUT2D eigenvalue weighted by Crippen LogP contribution is -2.50. The third-order valence-corrected chi connectivity index (χ3v) is 5.58. The quantitative estimate of drug-likeness (QED) is 0.846. The Kier molecular flexibility index (Phi) is 3.83. The molecule has 1 aliphatic carbocycles. The molecule has 2 bridgehead atoms. The number of ether oxygens (including phenoxy) is 1. The molecule has 2 unspecified atom stereocenters. The smallest absolute Gasteiger partial charge is 0.228 e. The molecule has 0 N–H and O–H groups in total. The lowest BCUT2D eigenvalue weighted by Gasteiger charge is -2.40. The van der Waals surface area contributed by atoms with Gasteiger partial charge >= 0.3 is 0 Å². The van der Waals surface area contributed by atoms with Crippen LogP contribution in [0.3, 0.4) is 0 Å². The van der Waals surface area contributed by atoms with E-state index < -0.39 is 0 Å². The van der Waals surface area contributed by atoms with Crippen molar-refractivity contribution in [2.75, 3.05) is 31.6 Å². The number of carbonyl (C=O) groups is 1. The Balaban J connectivity index is 1.55. The first kappa shape index (κ1) is 14.7. The van der Waals surface area contributed by atoms with Crippen LogP contribution in [-0.4, -0.2) is 53.6 Å². The molecule has 6 nitrogen and oxygen atoms in total. The van der Waals surface area contributed by atoms with Gasteiger partial charge < -0.3 is 14.5 Å². The zero-order valence-electron chi connectivity index (χ0n) is 13.6. The maximum atomic E-state index is 12.8. The number of hydrogen-bond acceptors (Lipinski definition) is 5. The van der Waals surface area contributed by atoms with E-state index in [0.717, 1.165) is 38.4 Å². The predicted octanol–water partition coefficient (Wildman–Crippen LogP) is 1.71. The van der Waals surface area contributed by atoms with Gasteiger partial charge in [0.15, 0.2) is 0 Å². The first-order chi connectivity index (χ1) is 11.2. The minimum Gasteiger partial charge on any atom is -0.481 e. The van der Waals surface area contributed by atoms with Crippen molar-refractivity contribution in [2.45, 2.75) is 38.1 Å². The topological polar surface area (TPSA) is 58.6 Å². The zero-order valence-corrected chi connectivity index (χ0v) is 13.6. The summed E-state index contributed by atoms with van der Waals surface area (Å²) in [5, 5.41) is 0. The molecular weight excluding hydrogens is 292 g/mol. The van der Waals surface area contributed by atoms with Gasteiger partial charge in [-0.15, -0.1) is 0 Å². The second-order valence-corrected chi connectivity index (χ2v) is 7.02. The monoisotopic (exact) mass is 316 g/mol. The fourth-order valence-corrected chi connectivity index (χ4v) is 4.00. The molecule has 1 saturated carbocycles. The van der Waals surface area contributed by atoms with E-state index in [9.17, 15) is 4.79 Å². The van der Waals surface area contributed by atoms with Gasteiger partial charge in [0, 0.05) is 37.9 Å². The summed E-state index contributed by atoms with van der Waals surface area (Å²) >= 11 is 0. The maximum absolute atomic E-state index is 12.8. The molecule has 0 spiro atoms. The van der Waals surface area contributed by atoms with Crippen LogP contribution in [-0.2, 0) is 4.79 Å². The van der Waals surface area contributed by atoms with Crippen molar-refractivity contribution in [3.63, 3.8) is 0 Å². The Labute approximate surface area is 136 Å². The van der Waals surface area contributed by atoms with E-state index in [1.165, 1.54) is 19.3 Å². The zero-order chi connectivity index (χ0) is 15.8. The highest BCUT2D eigenvalue weighted by Crippen LogP contribution is 2.34. The Morgan fingerprint density at radius 2 is 2.13 bits per heavy atom.